The lowest BCUT2D eigenvalue weighted by Crippen LogP contribution is -2.47. The summed E-state index contributed by atoms with van der Waals surface area (Å²) in [6.07, 6.45) is -1.46. The lowest BCUT2D eigenvalue weighted by molar-refractivity contribution is -0.148. The Morgan fingerprint density at radius 1 is 0.900 bits per heavy atom. The molecule has 2 amide bonds. The van der Waals surface area contributed by atoms with Crippen LogP contribution in [0, 0.1) is 0 Å². The first-order valence-electron chi connectivity index (χ1n) is 12.5. The van der Waals surface area contributed by atoms with Crippen molar-refractivity contribution < 1.29 is 38.8 Å². The van der Waals surface area contributed by atoms with E-state index in [1.165, 1.54) is 0 Å². The van der Waals surface area contributed by atoms with Crippen molar-refractivity contribution in [1.82, 2.24) is 10.6 Å². The molecule has 0 saturated heterocycles. The Kier molecular flexibility index (Phi) is 8.93. The van der Waals surface area contributed by atoms with Crippen LogP contribution >= 0.6 is 0 Å². The lowest BCUT2D eigenvalue weighted by atomic mass is 9.93. The van der Waals surface area contributed by atoms with Crippen LogP contribution in [-0.2, 0) is 30.1 Å². The summed E-state index contributed by atoms with van der Waals surface area (Å²) < 4.78 is 15.7. The van der Waals surface area contributed by atoms with E-state index in [2.05, 4.69) is 23.8 Å². The van der Waals surface area contributed by atoms with Crippen molar-refractivity contribution >= 4 is 30.3 Å². The zero-order valence-electron chi connectivity index (χ0n) is 22.9. The van der Waals surface area contributed by atoms with E-state index in [0.717, 1.165) is 22.3 Å². The van der Waals surface area contributed by atoms with Gasteiger partial charge in [-0.25, -0.2) is 14.4 Å². The summed E-state index contributed by atoms with van der Waals surface area (Å²) in [5.74, 6) is -3.06. The van der Waals surface area contributed by atoms with Gasteiger partial charge in [-0.1, -0.05) is 73.8 Å². The van der Waals surface area contributed by atoms with Gasteiger partial charge in [0.15, 0.2) is 11.9 Å². The van der Waals surface area contributed by atoms with Gasteiger partial charge in [-0.3, -0.25) is 0 Å². The van der Waals surface area contributed by atoms with Crippen molar-refractivity contribution in [3.63, 3.8) is 0 Å². The first-order valence-corrected chi connectivity index (χ1v) is 12.5. The topological polar surface area (TPSA) is 143 Å². The largest absolute Gasteiger partial charge is 0.505 e. The lowest BCUT2D eigenvalue weighted by Gasteiger charge is -2.30. The molecule has 2 aromatic carbocycles. The molecule has 0 saturated carbocycles. The summed E-state index contributed by atoms with van der Waals surface area (Å²) in [7, 11) is 0. The maximum absolute atomic E-state index is 12.9. The summed E-state index contributed by atoms with van der Waals surface area (Å²) in [6, 6.07) is 14.7. The van der Waals surface area contributed by atoms with E-state index in [9.17, 15) is 24.6 Å². The van der Waals surface area contributed by atoms with Crippen molar-refractivity contribution in [2.24, 2.45) is 0 Å². The van der Waals surface area contributed by atoms with Gasteiger partial charge in [-0.2, -0.15) is 0 Å². The molecule has 40 heavy (non-hydrogen) atoms. The molecule has 0 spiro atoms. The molecular formula is C30H34N2O8. The molecule has 0 radical (unpaired) electrons. The van der Waals surface area contributed by atoms with Gasteiger partial charge < -0.3 is 35.1 Å². The Labute approximate surface area is 232 Å². The molecule has 10 nitrogen and oxygen atoms in total. The predicted molar refractivity (Wildman–Crippen MR) is 149 cm³/mol. The van der Waals surface area contributed by atoms with Crippen LogP contribution in [0.1, 0.15) is 49.9 Å². The highest BCUT2D eigenvalue weighted by Crippen LogP contribution is 2.26. The molecule has 0 fully saturated rings. The van der Waals surface area contributed by atoms with E-state index in [1.54, 1.807) is 39.8 Å². The van der Waals surface area contributed by atoms with Crippen LogP contribution in [0.4, 0.5) is 9.59 Å². The number of aliphatic hydroxyl groups is 2. The van der Waals surface area contributed by atoms with Crippen LogP contribution < -0.4 is 10.6 Å². The number of carbonyl (C=O) groups excluding carboxylic acids is 3. The Bertz CT molecular complexity index is 1310. The van der Waals surface area contributed by atoms with E-state index in [1.807, 2.05) is 48.5 Å². The minimum atomic E-state index is -1.58. The minimum Gasteiger partial charge on any atom is -0.505 e. The highest BCUT2D eigenvalue weighted by molar-refractivity contribution is 5.89. The van der Waals surface area contributed by atoms with Crippen LogP contribution in [0.5, 0.6) is 0 Å². The van der Waals surface area contributed by atoms with Gasteiger partial charge in [0.05, 0.1) is 11.1 Å². The number of amides is 2. The first kappa shape index (κ1) is 29.8. The summed E-state index contributed by atoms with van der Waals surface area (Å²) in [5.41, 5.74) is 1.64. The maximum atomic E-state index is 12.9. The second-order valence-corrected chi connectivity index (χ2v) is 10.3. The number of alkyl carbamates (subject to hydrolysis) is 2. The summed E-state index contributed by atoms with van der Waals surface area (Å²) in [5, 5.41) is 25.4. The fourth-order valence-electron chi connectivity index (χ4n) is 3.99. The van der Waals surface area contributed by atoms with Gasteiger partial charge in [0.25, 0.3) is 0 Å². The number of hydrogen-bond acceptors (Lipinski definition) is 8. The van der Waals surface area contributed by atoms with Gasteiger partial charge in [-0.05, 0) is 49.9 Å². The number of nitrogens with one attached hydrogen (secondary N) is 2. The van der Waals surface area contributed by atoms with Crippen molar-refractivity contribution in [2.75, 3.05) is 6.61 Å². The smallest absolute Gasteiger partial charge is 0.408 e. The molecule has 2 unspecified atom stereocenters. The Hall–Kier alpha value is -4.73. The van der Waals surface area contributed by atoms with Crippen molar-refractivity contribution in [3.05, 3.63) is 95.5 Å². The van der Waals surface area contributed by atoms with E-state index < -0.39 is 59.6 Å². The second-order valence-electron chi connectivity index (χ2n) is 10.3. The molecule has 1 aliphatic rings. The average Bonchev–Trinajstić information content (AvgIpc) is 3.17. The maximum Gasteiger partial charge on any atom is 0.408 e. The molecule has 2 atom stereocenters. The highest BCUT2D eigenvalue weighted by atomic mass is 16.6. The zero-order chi connectivity index (χ0) is 29.7. The third-order valence-electron chi connectivity index (χ3n) is 6.48. The predicted octanol–water partition coefficient (Wildman–Crippen LogP) is 5.22. The Balaban J connectivity index is 1.71. The van der Waals surface area contributed by atoms with Gasteiger partial charge in [0, 0.05) is 0 Å². The molecule has 0 bridgehead atoms. The summed E-state index contributed by atoms with van der Waals surface area (Å²) >= 11 is 0. The molecule has 0 aromatic heterocycles. The third kappa shape index (κ3) is 7.02. The molecule has 1 heterocycles. The summed E-state index contributed by atoms with van der Waals surface area (Å²) in [6.45, 7) is 13.9. The van der Waals surface area contributed by atoms with Crippen molar-refractivity contribution in [2.45, 2.75) is 51.0 Å². The molecule has 4 N–H and O–H groups in total. The normalized spacial score (nSPS) is 16.0. The fraction of sp³-hybridized carbons (Fsp3) is 0.300. The van der Waals surface area contributed by atoms with E-state index in [0.29, 0.717) is 0 Å². The molecule has 10 heteroatoms. The van der Waals surface area contributed by atoms with Crippen LogP contribution in [0.3, 0.4) is 0 Å². The van der Waals surface area contributed by atoms with Crippen LogP contribution in [0.2, 0.25) is 0 Å². The number of hydrogen-bond donors (Lipinski definition) is 4. The number of cyclic esters (lactones) is 1. The third-order valence-corrected chi connectivity index (χ3v) is 6.48. The van der Waals surface area contributed by atoms with Crippen LogP contribution in [0.25, 0.3) is 12.2 Å². The minimum absolute atomic E-state index is 0.603. The van der Waals surface area contributed by atoms with E-state index in [4.69, 9.17) is 14.2 Å². The molecule has 1 aliphatic heterocycles. The van der Waals surface area contributed by atoms with Crippen molar-refractivity contribution in [3.8, 4) is 0 Å². The Morgan fingerprint density at radius 3 is 1.75 bits per heavy atom. The molecule has 212 valence electrons. The van der Waals surface area contributed by atoms with Gasteiger partial charge in [-0.15, -0.1) is 0 Å². The average molecular weight is 551 g/mol. The second kappa shape index (κ2) is 12.0. The highest BCUT2D eigenvalue weighted by Gasteiger charge is 2.43. The quantitative estimate of drug-likeness (QED) is 0.233. The number of ether oxygens (including phenoxy) is 3. The number of aliphatic hydroxyl groups excluding tert-OH is 2. The number of carbonyl (C=O) groups is 3. The van der Waals surface area contributed by atoms with Crippen LogP contribution in [-0.4, -0.2) is 47.2 Å². The fourth-order valence-corrected chi connectivity index (χ4v) is 3.99. The van der Waals surface area contributed by atoms with E-state index in [-0.39, 0.29) is 0 Å². The molecule has 0 aliphatic carbocycles. The monoisotopic (exact) mass is 550 g/mol. The van der Waals surface area contributed by atoms with E-state index >= 15 is 0 Å². The standard InChI is InChI=1S/C30H34N2O8/c1-7-18-9-13-20(14-10-18)29(3,4)31-27(36)38-17-22(25-23(33)24(34)26(35)40-25)39-28(37)32-30(5,6)21-15-11-19(8-2)12-16-21/h7-16,22,25,33-34H,1-2,17H2,3-6H3,(H,31,36)(H,32,37). The summed E-state index contributed by atoms with van der Waals surface area (Å²) in [4.78, 5) is 37.4. The van der Waals surface area contributed by atoms with Gasteiger partial charge in [0.2, 0.25) is 11.9 Å². The zero-order valence-corrected chi connectivity index (χ0v) is 22.9. The SMILES string of the molecule is C=Cc1ccc(C(C)(C)NC(=O)OCC(OC(=O)NC(C)(C)c2ccc(C=C)cc2)C2OC(=O)C(O)=C2O)cc1. The molecule has 2 aromatic rings. The first-order chi connectivity index (χ1) is 18.8. The number of benzene rings is 2. The molecule has 3 rings (SSSR count). The Morgan fingerprint density at radius 2 is 1.35 bits per heavy atom. The van der Waals surface area contributed by atoms with Crippen molar-refractivity contribution in [1.29, 1.82) is 0 Å². The number of rotatable bonds is 10. The van der Waals surface area contributed by atoms with Gasteiger partial charge >= 0.3 is 18.2 Å². The number of esters is 1. The van der Waals surface area contributed by atoms with Crippen LogP contribution in [0.15, 0.2) is 73.2 Å². The van der Waals surface area contributed by atoms with Gasteiger partial charge in [0.1, 0.15) is 6.61 Å². The molecular weight excluding hydrogens is 516 g/mol.